The van der Waals surface area contributed by atoms with E-state index in [2.05, 4.69) is 75.3 Å². The molecule has 1 fully saturated rings. The number of hydrogen-bond donors (Lipinski definition) is 0. The van der Waals surface area contributed by atoms with Crippen LogP contribution in [0.5, 0.6) is 0 Å². The Hall–Kier alpha value is -2.11. The summed E-state index contributed by atoms with van der Waals surface area (Å²) >= 11 is 0. The second-order valence-corrected chi connectivity index (χ2v) is 7.75. The van der Waals surface area contributed by atoms with Crippen LogP contribution in [0, 0.1) is 0 Å². The summed E-state index contributed by atoms with van der Waals surface area (Å²) in [6, 6.07) is 14.8. The lowest BCUT2D eigenvalue weighted by Gasteiger charge is -2.32. The summed E-state index contributed by atoms with van der Waals surface area (Å²) in [5.41, 5.74) is 3.90. The molecular formula is C20H23BN2O2. The Morgan fingerprint density at radius 2 is 1.48 bits per heavy atom. The van der Waals surface area contributed by atoms with Gasteiger partial charge >= 0.3 is 7.12 Å². The summed E-state index contributed by atoms with van der Waals surface area (Å²) in [7, 11) is 1.64. The van der Waals surface area contributed by atoms with Gasteiger partial charge in [-0.05, 0) is 56.4 Å². The third kappa shape index (κ3) is 2.68. The fraction of sp³-hybridized carbons (Fsp3) is 0.350. The first-order valence-electron chi connectivity index (χ1n) is 8.65. The Kier molecular flexibility index (Phi) is 3.57. The summed E-state index contributed by atoms with van der Waals surface area (Å²) in [5, 5.41) is 5.46. The Labute approximate surface area is 148 Å². The highest BCUT2D eigenvalue weighted by Crippen LogP contribution is 2.36. The van der Waals surface area contributed by atoms with Crippen LogP contribution in [-0.4, -0.2) is 28.1 Å². The predicted molar refractivity (Wildman–Crippen MR) is 102 cm³/mol. The molecule has 1 aromatic heterocycles. The van der Waals surface area contributed by atoms with Gasteiger partial charge in [0.1, 0.15) is 0 Å². The molecule has 2 aromatic carbocycles. The molecule has 4 rings (SSSR count). The van der Waals surface area contributed by atoms with E-state index >= 15 is 0 Å². The molecular weight excluding hydrogens is 311 g/mol. The van der Waals surface area contributed by atoms with Crippen LogP contribution >= 0.6 is 0 Å². The smallest absolute Gasteiger partial charge is 0.399 e. The monoisotopic (exact) mass is 334 g/mol. The molecule has 2 heterocycles. The summed E-state index contributed by atoms with van der Waals surface area (Å²) in [5.74, 6) is 0. The maximum atomic E-state index is 6.12. The van der Waals surface area contributed by atoms with Gasteiger partial charge in [-0.2, -0.15) is 5.10 Å². The standard InChI is InChI=1S/C20H23BN2O2/c1-19(2)20(3,4)25-21(24-19)17-9-6-14(7-10-17)15-8-11-18-16(12-15)13-22-23(18)5/h6-13H,1-5H3. The summed E-state index contributed by atoms with van der Waals surface area (Å²) in [6.45, 7) is 8.30. The van der Waals surface area contributed by atoms with Crippen LogP contribution in [0.4, 0.5) is 0 Å². The molecule has 4 nitrogen and oxygen atoms in total. The summed E-state index contributed by atoms with van der Waals surface area (Å²) < 4.78 is 14.1. The SMILES string of the molecule is Cn1ncc2cc(-c3ccc(B4OC(C)(C)C(C)(C)O4)cc3)ccc21. The minimum absolute atomic E-state index is 0.318. The average molecular weight is 334 g/mol. The number of hydrogen-bond acceptors (Lipinski definition) is 3. The van der Waals surface area contributed by atoms with Crippen molar-refractivity contribution in [3.63, 3.8) is 0 Å². The zero-order valence-corrected chi connectivity index (χ0v) is 15.4. The van der Waals surface area contributed by atoms with E-state index in [0.717, 1.165) is 16.4 Å². The molecule has 25 heavy (non-hydrogen) atoms. The first-order valence-corrected chi connectivity index (χ1v) is 8.65. The largest absolute Gasteiger partial charge is 0.494 e. The first-order chi connectivity index (χ1) is 11.8. The van der Waals surface area contributed by atoms with Gasteiger partial charge < -0.3 is 9.31 Å². The molecule has 0 saturated carbocycles. The minimum Gasteiger partial charge on any atom is -0.399 e. The Morgan fingerprint density at radius 3 is 2.12 bits per heavy atom. The molecule has 0 spiro atoms. The lowest BCUT2D eigenvalue weighted by molar-refractivity contribution is 0.00578. The Bertz CT molecular complexity index is 913. The van der Waals surface area contributed by atoms with Crippen molar-refractivity contribution in [2.75, 3.05) is 0 Å². The number of fused-ring (bicyclic) bond motifs is 1. The third-order valence-electron chi connectivity index (χ3n) is 5.52. The first kappa shape index (κ1) is 16.4. The Balaban J connectivity index is 1.61. The predicted octanol–water partition coefficient (Wildman–Crippen LogP) is 3.54. The van der Waals surface area contributed by atoms with Crippen LogP contribution in [-0.2, 0) is 16.4 Å². The average Bonchev–Trinajstić information content (AvgIpc) is 3.04. The van der Waals surface area contributed by atoms with E-state index in [1.54, 1.807) is 0 Å². The van der Waals surface area contributed by atoms with Gasteiger partial charge in [0.05, 0.1) is 22.9 Å². The topological polar surface area (TPSA) is 36.3 Å². The zero-order chi connectivity index (χ0) is 17.8. The second-order valence-electron chi connectivity index (χ2n) is 7.75. The van der Waals surface area contributed by atoms with Crippen LogP contribution < -0.4 is 5.46 Å². The fourth-order valence-electron chi connectivity index (χ4n) is 3.16. The molecule has 5 heteroatoms. The van der Waals surface area contributed by atoms with E-state index in [1.165, 1.54) is 11.1 Å². The molecule has 0 radical (unpaired) electrons. The number of nitrogens with zero attached hydrogens (tertiary/aromatic N) is 2. The minimum atomic E-state index is -0.320. The quantitative estimate of drug-likeness (QED) is 0.673. The second kappa shape index (κ2) is 5.45. The normalized spacial score (nSPS) is 18.8. The van der Waals surface area contributed by atoms with Crippen molar-refractivity contribution in [1.82, 2.24) is 9.78 Å². The number of benzene rings is 2. The summed E-state index contributed by atoms with van der Waals surface area (Å²) in [4.78, 5) is 0. The zero-order valence-electron chi connectivity index (χ0n) is 15.4. The molecule has 1 aliphatic heterocycles. The van der Waals surface area contributed by atoms with Gasteiger partial charge in [-0.15, -0.1) is 0 Å². The molecule has 0 atom stereocenters. The molecule has 3 aromatic rings. The van der Waals surface area contributed by atoms with Crippen molar-refractivity contribution in [3.05, 3.63) is 48.7 Å². The number of rotatable bonds is 2. The van der Waals surface area contributed by atoms with Crippen LogP contribution in [0.3, 0.4) is 0 Å². The van der Waals surface area contributed by atoms with E-state index in [0.29, 0.717) is 0 Å². The molecule has 1 saturated heterocycles. The van der Waals surface area contributed by atoms with Crippen molar-refractivity contribution in [2.45, 2.75) is 38.9 Å². The molecule has 128 valence electrons. The van der Waals surface area contributed by atoms with Gasteiger partial charge in [-0.25, -0.2) is 0 Å². The maximum Gasteiger partial charge on any atom is 0.494 e. The molecule has 0 aliphatic carbocycles. The Morgan fingerprint density at radius 1 is 0.880 bits per heavy atom. The molecule has 0 bridgehead atoms. The van der Waals surface area contributed by atoms with Crippen LogP contribution in [0.2, 0.25) is 0 Å². The van der Waals surface area contributed by atoms with Crippen molar-refractivity contribution in [2.24, 2.45) is 7.05 Å². The highest BCUT2D eigenvalue weighted by atomic mass is 16.7. The third-order valence-corrected chi connectivity index (χ3v) is 5.52. The fourth-order valence-corrected chi connectivity index (χ4v) is 3.16. The molecule has 0 N–H and O–H groups in total. The number of aromatic nitrogens is 2. The van der Waals surface area contributed by atoms with Gasteiger partial charge in [0.2, 0.25) is 0 Å². The van der Waals surface area contributed by atoms with Gasteiger partial charge in [-0.1, -0.05) is 30.3 Å². The molecule has 0 amide bonds. The summed E-state index contributed by atoms with van der Waals surface area (Å²) in [6.07, 6.45) is 1.90. The number of aryl methyl sites for hydroxylation is 1. The van der Waals surface area contributed by atoms with Crippen LogP contribution in [0.1, 0.15) is 27.7 Å². The van der Waals surface area contributed by atoms with Crippen molar-refractivity contribution in [1.29, 1.82) is 0 Å². The lowest BCUT2D eigenvalue weighted by Crippen LogP contribution is -2.41. The van der Waals surface area contributed by atoms with E-state index in [4.69, 9.17) is 9.31 Å². The molecule has 1 aliphatic rings. The van der Waals surface area contributed by atoms with Crippen molar-refractivity contribution < 1.29 is 9.31 Å². The highest BCUT2D eigenvalue weighted by Gasteiger charge is 2.51. The van der Waals surface area contributed by atoms with Gasteiger partial charge in [-0.3, -0.25) is 4.68 Å². The van der Waals surface area contributed by atoms with Gasteiger partial charge in [0.25, 0.3) is 0 Å². The van der Waals surface area contributed by atoms with E-state index in [1.807, 2.05) is 17.9 Å². The maximum absolute atomic E-state index is 6.12. The van der Waals surface area contributed by atoms with Crippen molar-refractivity contribution >= 4 is 23.5 Å². The van der Waals surface area contributed by atoms with Crippen molar-refractivity contribution in [3.8, 4) is 11.1 Å². The lowest BCUT2D eigenvalue weighted by atomic mass is 9.78. The highest BCUT2D eigenvalue weighted by molar-refractivity contribution is 6.62. The van der Waals surface area contributed by atoms with E-state index in [-0.39, 0.29) is 18.3 Å². The van der Waals surface area contributed by atoms with E-state index in [9.17, 15) is 0 Å². The van der Waals surface area contributed by atoms with Crippen LogP contribution in [0.25, 0.3) is 22.0 Å². The van der Waals surface area contributed by atoms with E-state index < -0.39 is 0 Å². The van der Waals surface area contributed by atoms with Crippen LogP contribution in [0.15, 0.2) is 48.7 Å². The van der Waals surface area contributed by atoms with Gasteiger partial charge in [0, 0.05) is 12.4 Å². The molecule has 0 unspecified atom stereocenters. The van der Waals surface area contributed by atoms with Gasteiger partial charge in [0.15, 0.2) is 0 Å².